The molecule has 3 atom stereocenters. The molecule has 0 spiro atoms. The van der Waals surface area contributed by atoms with Crippen LogP contribution >= 0.6 is 0 Å². The molecule has 3 unspecified atom stereocenters. The Labute approximate surface area is 136 Å². The minimum absolute atomic E-state index is 0.271. The predicted octanol–water partition coefficient (Wildman–Crippen LogP) is 2.18. The van der Waals surface area contributed by atoms with E-state index in [9.17, 15) is 20.1 Å². The van der Waals surface area contributed by atoms with E-state index in [1.165, 1.54) is 0 Å². The Balaban J connectivity index is 2.01. The SMILES string of the molecule is C=Cc1ccc(C(=O)C23C(O)CC(CC)(CC2O)CC3O)cc1. The maximum Gasteiger partial charge on any atom is 0.176 e. The molecule has 23 heavy (non-hydrogen) atoms. The van der Waals surface area contributed by atoms with Crippen molar-refractivity contribution in [2.24, 2.45) is 10.8 Å². The number of carbonyl (C=O) groups is 1. The van der Waals surface area contributed by atoms with Crippen LogP contribution in [-0.4, -0.2) is 39.4 Å². The second-order valence-corrected chi connectivity index (χ2v) is 7.10. The maximum atomic E-state index is 13.1. The summed E-state index contributed by atoms with van der Waals surface area (Å²) in [6, 6.07) is 6.86. The number of benzene rings is 1. The fourth-order valence-electron chi connectivity index (χ4n) is 4.56. The molecule has 0 heterocycles. The van der Waals surface area contributed by atoms with Crippen LogP contribution in [-0.2, 0) is 0 Å². The Kier molecular flexibility index (Phi) is 3.95. The van der Waals surface area contributed by atoms with E-state index in [1.807, 2.05) is 6.92 Å². The fraction of sp³-hybridized carbons (Fsp3) is 0.526. The van der Waals surface area contributed by atoms with Crippen LogP contribution in [0.25, 0.3) is 6.08 Å². The van der Waals surface area contributed by atoms with Crippen molar-refractivity contribution in [1.82, 2.24) is 0 Å². The van der Waals surface area contributed by atoms with E-state index in [0.29, 0.717) is 24.8 Å². The Bertz CT molecular complexity index is 585. The molecule has 124 valence electrons. The summed E-state index contributed by atoms with van der Waals surface area (Å²) in [4.78, 5) is 13.1. The topological polar surface area (TPSA) is 77.8 Å². The average molecular weight is 316 g/mol. The second kappa shape index (κ2) is 5.55. The van der Waals surface area contributed by atoms with E-state index in [1.54, 1.807) is 30.3 Å². The zero-order valence-corrected chi connectivity index (χ0v) is 13.4. The highest BCUT2D eigenvalue weighted by Crippen LogP contribution is 2.59. The van der Waals surface area contributed by atoms with Crippen molar-refractivity contribution in [2.75, 3.05) is 0 Å². The highest BCUT2D eigenvalue weighted by atomic mass is 16.3. The highest BCUT2D eigenvalue weighted by Gasteiger charge is 2.66. The van der Waals surface area contributed by atoms with Gasteiger partial charge in [-0.15, -0.1) is 0 Å². The van der Waals surface area contributed by atoms with Crippen LogP contribution in [0.2, 0.25) is 0 Å². The van der Waals surface area contributed by atoms with Crippen LogP contribution < -0.4 is 0 Å². The van der Waals surface area contributed by atoms with Crippen molar-refractivity contribution >= 4 is 11.9 Å². The molecule has 1 aromatic carbocycles. The Hall–Kier alpha value is -1.49. The lowest BCUT2D eigenvalue weighted by atomic mass is 9.47. The van der Waals surface area contributed by atoms with Gasteiger partial charge in [0.15, 0.2) is 5.78 Å². The number of fused-ring (bicyclic) bond motifs is 3. The maximum absolute atomic E-state index is 13.1. The van der Waals surface area contributed by atoms with Crippen molar-refractivity contribution < 1.29 is 20.1 Å². The van der Waals surface area contributed by atoms with Gasteiger partial charge in [0.05, 0.1) is 18.3 Å². The van der Waals surface area contributed by atoms with Gasteiger partial charge in [-0.05, 0) is 30.2 Å². The Morgan fingerprint density at radius 2 is 1.61 bits per heavy atom. The minimum Gasteiger partial charge on any atom is -0.392 e. The molecule has 4 rings (SSSR count). The third-order valence-corrected chi connectivity index (χ3v) is 6.09. The molecule has 3 N–H and O–H groups in total. The summed E-state index contributed by atoms with van der Waals surface area (Å²) >= 11 is 0. The lowest BCUT2D eigenvalue weighted by Gasteiger charge is -2.60. The van der Waals surface area contributed by atoms with E-state index >= 15 is 0 Å². The number of aliphatic hydroxyl groups is 3. The summed E-state index contributed by atoms with van der Waals surface area (Å²) in [7, 11) is 0. The molecule has 0 aromatic heterocycles. The number of carbonyl (C=O) groups excluding carboxylic acids is 1. The second-order valence-electron chi connectivity index (χ2n) is 7.10. The van der Waals surface area contributed by atoms with Crippen LogP contribution in [0.5, 0.6) is 0 Å². The van der Waals surface area contributed by atoms with Gasteiger partial charge in [-0.1, -0.05) is 50.3 Å². The Morgan fingerprint density at radius 1 is 1.13 bits per heavy atom. The molecular weight excluding hydrogens is 292 g/mol. The van der Waals surface area contributed by atoms with E-state index in [-0.39, 0.29) is 11.2 Å². The molecule has 2 bridgehead atoms. The molecular formula is C19H24O4. The Morgan fingerprint density at radius 3 is 2.00 bits per heavy atom. The third-order valence-electron chi connectivity index (χ3n) is 6.09. The summed E-state index contributed by atoms with van der Waals surface area (Å²) in [6.07, 6.45) is 0.735. The van der Waals surface area contributed by atoms with Crippen molar-refractivity contribution in [3.8, 4) is 0 Å². The lowest BCUT2D eigenvalue weighted by molar-refractivity contribution is -0.215. The van der Waals surface area contributed by atoms with Crippen molar-refractivity contribution in [3.63, 3.8) is 0 Å². The summed E-state index contributed by atoms with van der Waals surface area (Å²) in [5.41, 5.74) is -0.490. The molecule has 3 aliphatic carbocycles. The normalized spacial score (nSPS) is 39.2. The van der Waals surface area contributed by atoms with E-state index in [4.69, 9.17) is 0 Å². The van der Waals surface area contributed by atoms with Gasteiger partial charge in [-0.2, -0.15) is 0 Å². The molecule has 3 aliphatic rings. The van der Waals surface area contributed by atoms with Gasteiger partial charge in [0.25, 0.3) is 0 Å². The van der Waals surface area contributed by atoms with Crippen LogP contribution in [0.1, 0.15) is 48.5 Å². The van der Waals surface area contributed by atoms with Crippen LogP contribution in [0.4, 0.5) is 0 Å². The van der Waals surface area contributed by atoms with E-state index < -0.39 is 23.7 Å². The number of Topliss-reactive ketones (excluding diaryl/α,β-unsaturated/α-hetero) is 1. The predicted molar refractivity (Wildman–Crippen MR) is 87.9 cm³/mol. The zero-order chi connectivity index (χ0) is 16.8. The van der Waals surface area contributed by atoms with Crippen LogP contribution in [0.3, 0.4) is 0 Å². The quantitative estimate of drug-likeness (QED) is 0.744. The first kappa shape index (κ1) is 16.4. The lowest BCUT2D eigenvalue weighted by Crippen LogP contribution is -2.69. The van der Waals surface area contributed by atoms with Crippen molar-refractivity contribution in [1.29, 1.82) is 0 Å². The smallest absolute Gasteiger partial charge is 0.176 e. The molecule has 1 aromatic rings. The molecule has 0 amide bonds. The molecule has 0 saturated heterocycles. The summed E-state index contributed by atoms with van der Waals surface area (Å²) in [6.45, 7) is 5.68. The molecule has 0 aliphatic heterocycles. The first-order valence-corrected chi connectivity index (χ1v) is 8.21. The zero-order valence-electron chi connectivity index (χ0n) is 13.4. The molecule has 4 heteroatoms. The first-order chi connectivity index (χ1) is 10.9. The van der Waals surface area contributed by atoms with Gasteiger partial charge >= 0.3 is 0 Å². The summed E-state index contributed by atoms with van der Waals surface area (Å²) in [5, 5.41) is 32.0. The monoisotopic (exact) mass is 316 g/mol. The summed E-state index contributed by atoms with van der Waals surface area (Å²) < 4.78 is 0. The summed E-state index contributed by atoms with van der Waals surface area (Å²) in [5.74, 6) is -0.370. The molecule has 4 nitrogen and oxygen atoms in total. The van der Waals surface area contributed by atoms with Crippen molar-refractivity contribution in [3.05, 3.63) is 42.0 Å². The average Bonchev–Trinajstić information content (AvgIpc) is 2.54. The highest BCUT2D eigenvalue weighted by molar-refractivity contribution is 6.02. The number of ketones is 1. The third kappa shape index (κ3) is 2.20. The van der Waals surface area contributed by atoms with Gasteiger partial charge in [0.1, 0.15) is 5.41 Å². The largest absolute Gasteiger partial charge is 0.392 e. The number of aliphatic hydroxyl groups excluding tert-OH is 3. The molecule has 3 saturated carbocycles. The number of rotatable bonds is 4. The fourth-order valence-corrected chi connectivity index (χ4v) is 4.56. The van der Waals surface area contributed by atoms with Crippen LogP contribution in [0, 0.1) is 10.8 Å². The number of hydrogen-bond acceptors (Lipinski definition) is 4. The van der Waals surface area contributed by atoms with Gasteiger partial charge in [0.2, 0.25) is 0 Å². The molecule has 0 radical (unpaired) electrons. The van der Waals surface area contributed by atoms with E-state index in [0.717, 1.165) is 12.0 Å². The van der Waals surface area contributed by atoms with Gasteiger partial charge in [-0.3, -0.25) is 4.79 Å². The van der Waals surface area contributed by atoms with Gasteiger partial charge in [-0.25, -0.2) is 0 Å². The minimum atomic E-state index is -1.51. The van der Waals surface area contributed by atoms with Crippen molar-refractivity contribution in [2.45, 2.75) is 50.9 Å². The van der Waals surface area contributed by atoms with E-state index in [2.05, 4.69) is 6.58 Å². The van der Waals surface area contributed by atoms with Crippen LogP contribution in [0.15, 0.2) is 30.8 Å². The van der Waals surface area contributed by atoms with Gasteiger partial charge in [0, 0.05) is 5.56 Å². The standard InChI is InChI=1S/C19H24O4/c1-3-12-5-7-13(8-6-12)17(23)19-14(20)9-18(4-2,10-15(19)21)11-16(19)22/h3,5-8,14-16,20-22H,1,4,9-11H2,2H3. The first-order valence-electron chi connectivity index (χ1n) is 8.21. The van der Waals surface area contributed by atoms with Gasteiger partial charge < -0.3 is 15.3 Å². The molecule has 3 fully saturated rings. The number of hydrogen-bond donors (Lipinski definition) is 3.